The Morgan fingerprint density at radius 1 is 1.00 bits per heavy atom. The van der Waals surface area contributed by atoms with Gasteiger partial charge in [-0.3, -0.25) is 9.89 Å². The molecular formula is C37H38F2N6O3. The lowest BCUT2D eigenvalue weighted by Gasteiger charge is -2.31. The molecule has 0 saturated carbocycles. The fourth-order valence-electron chi connectivity index (χ4n) is 6.55. The van der Waals surface area contributed by atoms with Crippen molar-refractivity contribution in [3.8, 4) is 16.9 Å². The van der Waals surface area contributed by atoms with Gasteiger partial charge < -0.3 is 30.3 Å². The Bertz CT molecular complexity index is 1910. The second-order valence-corrected chi connectivity index (χ2v) is 12.3. The maximum atomic E-state index is 14.2. The summed E-state index contributed by atoms with van der Waals surface area (Å²) in [4.78, 5) is 16.3. The zero-order valence-corrected chi connectivity index (χ0v) is 26.7. The van der Waals surface area contributed by atoms with E-state index in [1.165, 1.54) is 12.1 Å². The van der Waals surface area contributed by atoms with E-state index in [-0.39, 0.29) is 18.4 Å². The van der Waals surface area contributed by atoms with Gasteiger partial charge in [0.25, 0.3) is 5.91 Å². The Morgan fingerprint density at radius 2 is 1.79 bits per heavy atom. The van der Waals surface area contributed by atoms with Crippen molar-refractivity contribution in [2.45, 2.75) is 25.3 Å². The number of piperazine rings is 1. The summed E-state index contributed by atoms with van der Waals surface area (Å²) < 4.78 is 39.4. The van der Waals surface area contributed by atoms with Crippen molar-refractivity contribution in [1.82, 2.24) is 15.5 Å². The van der Waals surface area contributed by atoms with E-state index in [2.05, 4.69) is 37.1 Å². The number of nitrogens with one attached hydrogen (secondary N) is 4. The largest absolute Gasteiger partial charge is 0.497 e. The maximum Gasteiger partial charge on any atom is 0.258 e. The van der Waals surface area contributed by atoms with Crippen LogP contribution in [0.3, 0.4) is 0 Å². The molecule has 5 aromatic rings. The molecule has 9 nitrogen and oxygen atoms in total. The lowest BCUT2D eigenvalue weighted by Crippen LogP contribution is -2.43. The summed E-state index contributed by atoms with van der Waals surface area (Å²) in [7, 11) is 1.60. The number of nitrogens with zero attached hydrogens (tertiary/aromatic N) is 2. The molecule has 4 aromatic carbocycles. The van der Waals surface area contributed by atoms with E-state index in [0.717, 1.165) is 73.2 Å². The molecule has 0 atom stereocenters. The molecule has 0 radical (unpaired) electrons. The van der Waals surface area contributed by atoms with Crippen LogP contribution in [0, 0.1) is 11.6 Å². The maximum absolute atomic E-state index is 14.2. The van der Waals surface area contributed by atoms with E-state index in [9.17, 15) is 13.6 Å². The molecule has 2 aliphatic heterocycles. The number of carbonyl (C=O) groups is 1. The molecule has 2 fully saturated rings. The first-order valence-electron chi connectivity index (χ1n) is 16.3. The van der Waals surface area contributed by atoms with E-state index < -0.39 is 11.6 Å². The van der Waals surface area contributed by atoms with Crippen LogP contribution in [0.5, 0.6) is 5.75 Å². The second kappa shape index (κ2) is 14.0. The smallest absolute Gasteiger partial charge is 0.258 e. The highest BCUT2D eigenvalue weighted by Gasteiger charge is 2.22. The highest BCUT2D eigenvalue weighted by atomic mass is 19.1. The first kappa shape index (κ1) is 31.6. The summed E-state index contributed by atoms with van der Waals surface area (Å²) in [5.74, 6) is -0.532. The predicted octanol–water partition coefficient (Wildman–Crippen LogP) is 6.36. The molecule has 1 amide bonds. The van der Waals surface area contributed by atoms with Gasteiger partial charge in [-0.25, -0.2) is 8.78 Å². The van der Waals surface area contributed by atoms with Gasteiger partial charge in [0.15, 0.2) is 5.82 Å². The summed E-state index contributed by atoms with van der Waals surface area (Å²) in [6.07, 6.45) is 1.97. The lowest BCUT2D eigenvalue weighted by molar-refractivity contribution is 0.0904. The van der Waals surface area contributed by atoms with Crippen molar-refractivity contribution in [2.75, 3.05) is 62.0 Å². The van der Waals surface area contributed by atoms with Crippen LogP contribution in [0.1, 0.15) is 34.3 Å². The number of carbonyl (C=O) groups excluding carboxylic acids is 1. The van der Waals surface area contributed by atoms with E-state index in [1.807, 2.05) is 48.5 Å². The number of methoxy groups -OCH3 is 1. The van der Waals surface area contributed by atoms with Crippen LogP contribution in [-0.4, -0.2) is 68.6 Å². The number of fused-ring (bicyclic) bond motifs is 1. The lowest BCUT2D eigenvalue weighted by atomic mass is 9.93. The molecule has 0 bridgehead atoms. The Labute approximate surface area is 277 Å². The van der Waals surface area contributed by atoms with Crippen molar-refractivity contribution in [1.29, 1.82) is 0 Å². The third-order valence-corrected chi connectivity index (χ3v) is 9.03. The van der Waals surface area contributed by atoms with Crippen LogP contribution >= 0.6 is 0 Å². The zero-order chi connectivity index (χ0) is 33.0. The summed E-state index contributed by atoms with van der Waals surface area (Å²) in [6, 6.07) is 21.1. The molecular weight excluding hydrogens is 614 g/mol. The van der Waals surface area contributed by atoms with Gasteiger partial charge in [0.05, 0.1) is 18.2 Å². The first-order chi connectivity index (χ1) is 23.4. The Balaban J connectivity index is 1.24. The SMILES string of the molecule is COc1cccc(-c2cc3[nH]nc(NC(=O)c4ccc(N5CCNCC5)cc4NC4CCOCC4)c3cc2Cc2cc(F)cc(F)c2)c1. The number of hydrogen-bond acceptors (Lipinski definition) is 7. The van der Waals surface area contributed by atoms with E-state index in [1.54, 1.807) is 7.11 Å². The molecule has 48 heavy (non-hydrogen) atoms. The number of aromatic nitrogens is 2. The average Bonchev–Trinajstić information content (AvgIpc) is 3.49. The topological polar surface area (TPSA) is 104 Å². The minimum absolute atomic E-state index is 0.194. The average molecular weight is 653 g/mol. The van der Waals surface area contributed by atoms with Gasteiger partial charge in [0, 0.05) is 68.3 Å². The van der Waals surface area contributed by atoms with Gasteiger partial charge in [-0.15, -0.1) is 0 Å². The summed E-state index contributed by atoms with van der Waals surface area (Å²) >= 11 is 0. The molecule has 248 valence electrons. The fourth-order valence-corrected chi connectivity index (χ4v) is 6.55. The third kappa shape index (κ3) is 6.97. The number of benzene rings is 4. The quantitative estimate of drug-likeness (QED) is 0.147. The number of ether oxygens (including phenoxy) is 2. The Hall–Kier alpha value is -5.00. The highest BCUT2D eigenvalue weighted by Crippen LogP contribution is 2.35. The normalized spacial score (nSPS) is 15.4. The van der Waals surface area contributed by atoms with Crippen LogP contribution < -0.4 is 25.6 Å². The van der Waals surface area contributed by atoms with Crippen LogP contribution in [0.4, 0.5) is 26.0 Å². The van der Waals surface area contributed by atoms with Crippen molar-refractivity contribution < 1.29 is 23.0 Å². The summed E-state index contributed by atoms with van der Waals surface area (Å²) in [6.45, 7) is 4.96. The van der Waals surface area contributed by atoms with Crippen LogP contribution in [0.15, 0.2) is 72.8 Å². The van der Waals surface area contributed by atoms with Crippen LogP contribution in [0.2, 0.25) is 0 Å². The number of anilines is 3. The number of H-pyrrole nitrogens is 1. The molecule has 1 aromatic heterocycles. The standard InChI is InChI=1S/C37H38F2N6O3/c1-47-30-4-2-3-24(18-30)32-22-35-33(19-25(32)15-23-16-26(38)20-27(39)17-23)36(44-43-35)42-37(46)31-6-5-29(45-11-9-40-10-12-45)21-34(31)41-28-7-13-48-14-8-28/h2-6,16-22,28,40-41H,7-15H2,1H3,(H2,42,43,44,46). The molecule has 3 heterocycles. The summed E-state index contributed by atoms with van der Waals surface area (Å²) in [5, 5.41) is 18.3. The number of hydrogen-bond donors (Lipinski definition) is 4. The Kier molecular flexibility index (Phi) is 9.22. The van der Waals surface area contributed by atoms with Crippen molar-refractivity contribution >= 4 is 34.0 Å². The fraction of sp³-hybridized carbons (Fsp3) is 0.297. The monoisotopic (exact) mass is 652 g/mol. The zero-order valence-electron chi connectivity index (χ0n) is 26.7. The minimum Gasteiger partial charge on any atom is -0.497 e. The van der Waals surface area contributed by atoms with Gasteiger partial charge in [-0.2, -0.15) is 5.10 Å². The van der Waals surface area contributed by atoms with E-state index in [4.69, 9.17) is 9.47 Å². The molecule has 2 aliphatic rings. The summed E-state index contributed by atoms with van der Waals surface area (Å²) in [5.41, 5.74) is 6.06. The molecule has 4 N–H and O–H groups in total. The van der Waals surface area contributed by atoms with Gasteiger partial charge >= 0.3 is 0 Å². The number of aromatic amines is 1. The van der Waals surface area contributed by atoms with Gasteiger partial charge in [-0.1, -0.05) is 12.1 Å². The molecule has 2 saturated heterocycles. The number of halogens is 2. The number of amides is 1. The van der Waals surface area contributed by atoms with Gasteiger partial charge in [0.2, 0.25) is 0 Å². The van der Waals surface area contributed by atoms with Crippen LogP contribution in [0.25, 0.3) is 22.0 Å². The minimum atomic E-state index is -0.640. The van der Waals surface area contributed by atoms with Crippen molar-refractivity contribution in [3.63, 3.8) is 0 Å². The van der Waals surface area contributed by atoms with Gasteiger partial charge in [0.1, 0.15) is 17.4 Å². The third-order valence-electron chi connectivity index (χ3n) is 9.03. The van der Waals surface area contributed by atoms with E-state index in [0.29, 0.717) is 46.8 Å². The predicted molar refractivity (Wildman–Crippen MR) is 184 cm³/mol. The van der Waals surface area contributed by atoms with Crippen molar-refractivity contribution in [3.05, 3.63) is 101 Å². The van der Waals surface area contributed by atoms with Gasteiger partial charge in [-0.05, 0) is 96.1 Å². The molecule has 7 rings (SSSR count). The molecule has 0 spiro atoms. The van der Waals surface area contributed by atoms with E-state index >= 15 is 0 Å². The molecule has 11 heteroatoms. The Morgan fingerprint density at radius 3 is 2.56 bits per heavy atom. The van der Waals surface area contributed by atoms with Crippen molar-refractivity contribution in [2.24, 2.45) is 0 Å². The highest BCUT2D eigenvalue weighted by molar-refractivity contribution is 6.11. The van der Waals surface area contributed by atoms with Crippen LogP contribution in [-0.2, 0) is 11.2 Å². The molecule has 0 aliphatic carbocycles. The second-order valence-electron chi connectivity index (χ2n) is 12.3. The number of rotatable bonds is 9. The first-order valence-corrected chi connectivity index (χ1v) is 16.3. The molecule has 0 unspecified atom stereocenters.